The minimum atomic E-state index is -0.418. The Bertz CT molecular complexity index is 1060. The standard InChI is InChI=1S/C22H19N3O3/c1-14-6-3-4-9-20(14)25-22(28)18-10-17(12-23-13-18)21(27)24-19-8-5-7-16(11-19)15(2)26/h3-13H,1-2H3,(H,24,27)(H,25,28). The molecule has 6 nitrogen and oxygen atoms in total. The van der Waals surface area contributed by atoms with Crippen molar-refractivity contribution in [1.82, 2.24) is 4.98 Å². The predicted octanol–water partition coefficient (Wildman–Crippen LogP) is 4.10. The van der Waals surface area contributed by atoms with Crippen LogP contribution in [-0.4, -0.2) is 22.6 Å². The number of amides is 2. The van der Waals surface area contributed by atoms with E-state index in [2.05, 4.69) is 15.6 Å². The van der Waals surface area contributed by atoms with Crippen molar-refractivity contribution in [3.63, 3.8) is 0 Å². The molecular weight excluding hydrogens is 354 g/mol. The first-order valence-electron chi connectivity index (χ1n) is 8.68. The van der Waals surface area contributed by atoms with Gasteiger partial charge in [0.05, 0.1) is 11.1 Å². The summed E-state index contributed by atoms with van der Waals surface area (Å²) in [6.45, 7) is 3.36. The van der Waals surface area contributed by atoms with E-state index in [1.54, 1.807) is 30.3 Å². The molecule has 3 aromatic rings. The van der Waals surface area contributed by atoms with Gasteiger partial charge in [-0.05, 0) is 43.7 Å². The Morgan fingerprint density at radius 1 is 0.786 bits per heavy atom. The smallest absolute Gasteiger partial charge is 0.257 e. The number of aromatic nitrogens is 1. The number of Topliss-reactive ketones (excluding diaryl/α,β-unsaturated/α-hetero) is 1. The van der Waals surface area contributed by atoms with Crippen molar-refractivity contribution in [2.75, 3.05) is 10.6 Å². The first-order valence-corrected chi connectivity index (χ1v) is 8.68. The first-order chi connectivity index (χ1) is 13.4. The number of hydrogen-bond donors (Lipinski definition) is 2. The fraction of sp³-hybridized carbons (Fsp3) is 0.0909. The summed E-state index contributed by atoms with van der Waals surface area (Å²) in [6.07, 6.45) is 2.79. The molecule has 0 aliphatic rings. The molecular formula is C22H19N3O3. The minimum absolute atomic E-state index is 0.0901. The molecule has 2 amide bonds. The Labute approximate surface area is 162 Å². The molecule has 140 valence electrons. The Morgan fingerprint density at radius 2 is 1.46 bits per heavy atom. The molecule has 3 rings (SSSR count). The van der Waals surface area contributed by atoms with E-state index in [4.69, 9.17) is 0 Å². The minimum Gasteiger partial charge on any atom is -0.322 e. The molecule has 0 fully saturated rings. The van der Waals surface area contributed by atoms with Crippen molar-refractivity contribution in [3.05, 3.63) is 89.2 Å². The first kappa shape index (κ1) is 19.0. The number of rotatable bonds is 5. The van der Waals surface area contributed by atoms with Crippen molar-refractivity contribution >= 4 is 29.0 Å². The summed E-state index contributed by atoms with van der Waals surface area (Å²) in [5.41, 5.74) is 3.14. The molecule has 0 radical (unpaired) electrons. The van der Waals surface area contributed by atoms with Gasteiger partial charge in [-0.15, -0.1) is 0 Å². The monoisotopic (exact) mass is 373 g/mol. The number of aryl methyl sites for hydroxylation is 1. The number of nitrogens with one attached hydrogen (secondary N) is 2. The van der Waals surface area contributed by atoms with Crippen LogP contribution in [0.2, 0.25) is 0 Å². The molecule has 0 spiro atoms. The summed E-state index contributed by atoms with van der Waals surface area (Å²) < 4.78 is 0. The van der Waals surface area contributed by atoms with Crippen molar-refractivity contribution in [3.8, 4) is 0 Å². The van der Waals surface area contributed by atoms with Gasteiger partial charge in [0.25, 0.3) is 11.8 Å². The number of carbonyl (C=O) groups is 3. The Kier molecular flexibility index (Phi) is 5.60. The number of benzene rings is 2. The number of ketones is 1. The summed E-state index contributed by atoms with van der Waals surface area (Å²) in [5.74, 6) is -0.860. The number of carbonyl (C=O) groups excluding carboxylic acids is 3. The maximum absolute atomic E-state index is 12.5. The van der Waals surface area contributed by atoms with Gasteiger partial charge in [-0.1, -0.05) is 30.3 Å². The SMILES string of the molecule is CC(=O)c1cccc(NC(=O)c2cncc(C(=O)Nc3ccccc3C)c2)c1. The van der Waals surface area contributed by atoms with Crippen molar-refractivity contribution in [1.29, 1.82) is 0 Å². The summed E-state index contributed by atoms with van der Waals surface area (Å²) in [4.78, 5) is 40.5. The molecule has 28 heavy (non-hydrogen) atoms. The second-order valence-electron chi connectivity index (χ2n) is 6.32. The van der Waals surface area contributed by atoms with Crippen LogP contribution in [0.1, 0.15) is 43.6 Å². The lowest BCUT2D eigenvalue weighted by Crippen LogP contribution is -2.16. The highest BCUT2D eigenvalue weighted by Gasteiger charge is 2.13. The molecule has 0 saturated carbocycles. The average molecular weight is 373 g/mol. The van der Waals surface area contributed by atoms with Crippen molar-refractivity contribution in [2.45, 2.75) is 13.8 Å². The average Bonchev–Trinajstić information content (AvgIpc) is 2.70. The lowest BCUT2D eigenvalue weighted by molar-refractivity contribution is 0.100. The van der Waals surface area contributed by atoms with Crippen LogP contribution in [0.4, 0.5) is 11.4 Å². The van der Waals surface area contributed by atoms with E-state index in [-0.39, 0.29) is 22.8 Å². The number of pyridine rings is 1. The van der Waals surface area contributed by atoms with Crippen LogP contribution in [0.5, 0.6) is 0 Å². The lowest BCUT2D eigenvalue weighted by atomic mass is 10.1. The summed E-state index contributed by atoms with van der Waals surface area (Å²) >= 11 is 0. The van der Waals surface area contributed by atoms with Crippen LogP contribution in [0, 0.1) is 6.92 Å². The molecule has 0 saturated heterocycles. The Morgan fingerprint density at radius 3 is 2.14 bits per heavy atom. The van der Waals surface area contributed by atoms with Crippen molar-refractivity contribution in [2.24, 2.45) is 0 Å². The van der Waals surface area contributed by atoms with Gasteiger partial charge in [0.1, 0.15) is 0 Å². The molecule has 2 N–H and O–H groups in total. The third kappa shape index (κ3) is 4.48. The van der Waals surface area contributed by atoms with Crippen LogP contribution in [-0.2, 0) is 0 Å². The Balaban J connectivity index is 1.76. The fourth-order valence-electron chi connectivity index (χ4n) is 2.62. The van der Waals surface area contributed by atoms with Crippen LogP contribution in [0.25, 0.3) is 0 Å². The summed E-state index contributed by atoms with van der Waals surface area (Å²) in [5, 5.41) is 5.53. The molecule has 2 aromatic carbocycles. The van der Waals surface area contributed by atoms with Crippen LogP contribution < -0.4 is 10.6 Å². The van der Waals surface area contributed by atoms with Crippen LogP contribution >= 0.6 is 0 Å². The quantitative estimate of drug-likeness (QED) is 0.659. The number of hydrogen-bond acceptors (Lipinski definition) is 4. The van der Waals surface area contributed by atoms with Crippen molar-refractivity contribution < 1.29 is 14.4 Å². The molecule has 0 aliphatic heterocycles. The molecule has 1 heterocycles. The zero-order chi connectivity index (χ0) is 20.1. The lowest BCUT2D eigenvalue weighted by Gasteiger charge is -2.09. The van der Waals surface area contributed by atoms with Crippen LogP contribution in [0.15, 0.2) is 67.0 Å². The zero-order valence-electron chi connectivity index (χ0n) is 15.5. The highest BCUT2D eigenvalue weighted by atomic mass is 16.2. The third-order valence-corrected chi connectivity index (χ3v) is 4.18. The number of nitrogens with zero attached hydrogens (tertiary/aromatic N) is 1. The van der Waals surface area contributed by atoms with Gasteiger partial charge < -0.3 is 10.6 Å². The molecule has 0 unspecified atom stereocenters. The maximum Gasteiger partial charge on any atom is 0.257 e. The highest BCUT2D eigenvalue weighted by Crippen LogP contribution is 2.16. The van der Waals surface area contributed by atoms with E-state index in [1.165, 1.54) is 25.4 Å². The Hall–Kier alpha value is -3.80. The molecule has 1 aromatic heterocycles. The molecule has 0 bridgehead atoms. The van der Waals surface area contributed by atoms with Gasteiger partial charge in [0, 0.05) is 29.3 Å². The molecule has 0 aliphatic carbocycles. The van der Waals surface area contributed by atoms with Gasteiger partial charge in [-0.3, -0.25) is 19.4 Å². The maximum atomic E-state index is 12.5. The van der Waals surface area contributed by atoms with E-state index >= 15 is 0 Å². The van der Waals surface area contributed by atoms with Gasteiger partial charge in [-0.2, -0.15) is 0 Å². The third-order valence-electron chi connectivity index (χ3n) is 4.18. The van der Waals surface area contributed by atoms with Gasteiger partial charge in [-0.25, -0.2) is 0 Å². The van der Waals surface area contributed by atoms with E-state index in [1.807, 2.05) is 25.1 Å². The summed E-state index contributed by atoms with van der Waals surface area (Å²) in [7, 11) is 0. The van der Waals surface area contributed by atoms with Gasteiger partial charge >= 0.3 is 0 Å². The highest BCUT2D eigenvalue weighted by molar-refractivity contribution is 6.08. The second-order valence-corrected chi connectivity index (χ2v) is 6.32. The van der Waals surface area contributed by atoms with E-state index in [0.29, 0.717) is 16.9 Å². The zero-order valence-corrected chi connectivity index (χ0v) is 15.5. The topological polar surface area (TPSA) is 88.2 Å². The molecule has 6 heteroatoms. The second kappa shape index (κ2) is 8.26. The summed E-state index contributed by atoms with van der Waals surface area (Å²) in [6, 6.07) is 15.6. The van der Waals surface area contributed by atoms with Gasteiger partial charge in [0.15, 0.2) is 5.78 Å². The van der Waals surface area contributed by atoms with E-state index in [0.717, 1.165) is 5.56 Å². The fourth-order valence-corrected chi connectivity index (χ4v) is 2.62. The number of anilines is 2. The van der Waals surface area contributed by atoms with Crippen LogP contribution in [0.3, 0.4) is 0 Å². The molecule has 0 atom stereocenters. The van der Waals surface area contributed by atoms with Gasteiger partial charge in [0.2, 0.25) is 0 Å². The van der Waals surface area contributed by atoms with E-state index < -0.39 is 5.91 Å². The normalized spacial score (nSPS) is 10.2. The van der Waals surface area contributed by atoms with E-state index in [9.17, 15) is 14.4 Å². The predicted molar refractivity (Wildman–Crippen MR) is 108 cm³/mol. The number of para-hydroxylation sites is 1. The largest absolute Gasteiger partial charge is 0.322 e.